The van der Waals surface area contributed by atoms with Gasteiger partial charge in [-0.3, -0.25) is 4.79 Å². The summed E-state index contributed by atoms with van der Waals surface area (Å²) in [4.78, 5) is 15.3. The van der Waals surface area contributed by atoms with Crippen molar-refractivity contribution in [1.82, 2.24) is 4.98 Å². The number of hydrazone groups is 1. The van der Waals surface area contributed by atoms with Crippen LogP contribution in [0.5, 0.6) is 11.5 Å². The summed E-state index contributed by atoms with van der Waals surface area (Å²) < 4.78 is 16.1. The Balaban J connectivity index is 1.47. The van der Waals surface area contributed by atoms with Gasteiger partial charge in [0.15, 0.2) is 11.5 Å². The highest BCUT2D eigenvalue weighted by atomic mass is 32.1. The van der Waals surface area contributed by atoms with E-state index in [2.05, 4.69) is 15.5 Å². The van der Waals surface area contributed by atoms with Crippen LogP contribution in [0.15, 0.2) is 59.0 Å². The third-order valence-corrected chi connectivity index (χ3v) is 4.75. The first-order valence-electron chi connectivity index (χ1n) is 8.64. The van der Waals surface area contributed by atoms with Crippen molar-refractivity contribution < 1.29 is 19.0 Å². The fourth-order valence-electron chi connectivity index (χ4n) is 2.70. The second kappa shape index (κ2) is 8.53. The second-order valence-corrected chi connectivity index (χ2v) is 6.75. The molecule has 0 saturated heterocycles. The Morgan fingerprint density at radius 2 is 2.00 bits per heavy atom. The van der Waals surface area contributed by atoms with E-state index in [4.69, 9.17) is 14.2 Å². The average molecular weight is 395 g/mol. The molecule has 0 amide bonds. The summed E-state index contributed by atoms with van der Waals surface area (Å²) in [6.07, 6.45) is 0.396. The SMILES string of the molecule is O=COC(Cc1ccccc1)=NNc1nc(-c2ccc3c(c2)OCCO3)cs1. The van der Waals surface area contributed by atoms with E-state index in [0.29, 0.717) is 37.0 Å². The molecule has 28 heavy (non-hydrogen) atoms. The van der Waals surface area contributed by atoms with Crippen LogP contribution in [0.2, 0.25) is 0 Å². The lowest BCUT2D eigenvalue weighted by atomic mass is 10.1. The first kappa shape index (κ1) is 18.0. The van der Waals surface area contributed by atoms with Crippen molar-refractivity contribution in [1.29, 1.82) is 0 Å². The molecule has 0 atom stereocenters. The highest BCUT2D eigenvalue weighted by Crippen LogP contribution is 2.35. The number of hydrogen-bond donors (Lipinski definition) is 1. The van der Waals surface area contributed by atoms with Gasteiger partial charge in [0.1, 0.15) is 13.2 Å². The van der Waals surface area contributed by atoms with Gasteiger partial charge in [-0.15, -0.1) is 16.4 Å². The Bertz CT molecular complexity index is 988. The van der Waals surface area contributed by atoms with Crippen molar-refractivity contribution in [3.8, 4) is 22.8 Å². The highest BCUT2D eigenvalue weighted by molar-refractivity contribution is 7.14. The van der Waals surface area contributed by atoms with Crippen LogP contribution in [0.3, 0.4) is 0 Å². The maximum Gasteiger partial charge on any atom is 0.299 e. The van der Waals surface area contributed by atoms with Gasteiger partial charge in [-0.1, -0.05) is 30.3 Å². The van der Waals surface area contributed by atoms with Crippen LogP contribution in [0.4, 0.5) is 5.13 Å². The standard InChI is InChI=1S/C20H17N3O4S/c24-13-27-19(10-14-4-2-1-3-5-14)22-23-20-21-16(12-28-20)15-6-7-17-18(11-15)26-9-8-25-17/h1-7,11-13H,8-10H2,(H,21,23). The minimum absolute atomic E-state index is 0.261. The van der Waals surface area contributed by atoms with Gasteiger partial charge in [-0.2, -0.15) is 0 Å². The van der Waals surface area contributed by atoms with Crippen LogP contribution < -0.4 is 14.9 Å². The molecule has 0 bridgehead atoms. The molecular weight excluding hydrogens is 378 g/mol. The molecule has 2 aromatic carbocycles. The van der Waals surface area contributed by atoms with Gasteiger partial charge in [-0.25, -0.2) is 10.4 Å². The van der Waals surface area contributed by atoms with Crippen LogP contribution in [0.1, 0.15) is 5.56 Å². The van der Waals surface area contributed by atoms with Gasteiger partial charge in [0.05, 0.1) is 12.1 Å². The molecule has 1 aliphatic heterocycles. The van der Waals surface area contributed by atoms with Crippen LogP contribution in [-0.4, -0.2) is 30.6 Å². The number of carbonyl (C=O) groups excluding carboxylic acids is 1. The topological polar surface area (TPSA) is 82.0 Å². The summed E-state index contributed by atoms with van der Waals surface area (Å²) in [5, 5.41) is 6.68. The summed E-state index contributed by atoms with van der Waals surface area (Å²) in [6.45, 7) is 1.46. The number of hydrogen-bond acceptors (Lipinski definition) is 8. The summed E-state index contributed by atoms with van der Waals surface area (Å²) >= 11 is 1.40. The lowest BCUT2D eigenvalue weighted by Crippen LogP contribution is -2.15. The zero-order valence-electron chi connectivity index (χ0n) is 14.8. The second-order valence-electron chi connectivity index (χ2n) is 5.89. The van der Waals surface area contributed by atoms with Gasteiger partial charge in [0.2, 0.25) is 11.0 Å². The number of nitrogens with one attached hydrogen (secondary N) is 1. The lowest BCUT2D eigenvalue weighted by molar-refractivity contribution is -0.121. The van der Waals surface area contributed by atoms with E-state index in [-0.39, 0.29) is 5.90 Å². The maximum absolute atomic E-state index is 10.8. The van der Waals surface area contributed by atoms with Gasteiger partial charge in [0, 0.05) is 10.9 Å². The molecule has 142 valence electrons. The number of fused-ring (bicyclic) bond motifs is 1. The fourth-order valence-corrected chi connectivity index (χ4v) is 3.37. The van der Waals surface area contributed by atoms with Crippen molar-refractivity contribution in [2.24, 2.45) is 5.10 Å². The number of aromatic nitrogens is 1. The summed E-state index contributed by atoms with van der Waals surface area (Å²) in [5.74, 6) is 1.72. The number of nitrogens with zero attached hydrogens (tertiary/aromatic N) is 2. The van der Waals surface area contributed by atoms with Crippen molar-refractivity contribution >= 4 is 28.8 Å². The molecule has 0 unspecified atom stereocenters. The molecule has 7 nitrogen and oxygen atoms in total. The van der Waals surface area contributed by atoms with Gasteiger partial charge >= 0.3 is 0 Å². The zero-order chi connectivity index (χ0) is 19.2. The van der Waals surface area contributed by atoms with E-state index in [0.717, 1.165) is 22.6 Å². The zero-order valence-corrected chi connectivity index (χ0v) is 15.6. The summed E-state index contributed by atoms with van der Waals surface area (Å²) in [6, 6.07) is 15.4. The number of ether oxygens (including phenoxy) is 3. The monoisotopic (exact) mass is 395 g/mol. The summed E-state index contributed by atoms with van der Waals surface area (Å²) in [7, 11) is 0. The van der Waals surface area contributed by atoms with Gasteiger partial charge in [0.25, 0.3) is 6.47 Å². The first-order chi connectivity index (χ1) is 13.8. The van der Waals surface area contributed by atoms with Crippen LogP contribution in [-0.2, 0) is 16.0 Å². The van der Waals surface area contributed by atoms with Crippen molar-refractivity contribution in [2.75, 3.05) is 18.6 Å². The largest absolute Gasteiger partial charge is 0.486 e. The molecule has 1 aliphatic rings. The molecule has 0 fully saturated rings. The number of carbonyl (C=O) groups is 1. The molecule has 4 rings (SSSR count). The van der Waals surface area contributed by atoms with E-state index in [1.54, 1.807) is 0 Å². The molecule has 0 radical (unpaired) electrons. The van der Waals surface area contributed by atoms with E-state index in [1.165, 1.54) is 11.3 Å². The normalized spacial score (nSPS) is 13.1. The van der Waals surface area contributed by atoms with Crippen LogP contribution >= 0.6 is 11.3 Å². The molecular formula is C20H17N3O4S. The van der Waals surface area contributed by atoms with Gasteiger partial charge in [-0.05, 0) is 23.8 Å². The molecule has 0 saturated carbocycles. The minimum atomic E-state index is 0.261. The molecule has 0 spiro atoms. The van der Waals surface area contributed by atoms with E-state index in [9.17, 15) is 4.79 Å². The maximum atomic E-state index is 10.8. The molecule has 1 N–H and O–H groups in total. The molecule has 8 heteroatoms. The lowest BCUT2D eigenvalue weighted by Gasteiger charge is -2.18. The summed E-state index contributed by atoms with van der Waals surface area (Å²) in [5.41, 5.74) is 5.56. The fraction of sp³-hybridized carbons (Fsp3) is 0.150. The van der Waals surface area contributed by atoms with E-state index in [1.807, 2.05) is 53.9 Å². The third-order valence-electron chi connectivity index (χ3n) is 4.00. The number of anilines is 1. The Morgan fingerprint density at radius 3 is 2.82 bits per heavy atom. The molecule has 0 aliphatic carbocycles. The predicted octanol–water partition coefficient (Wildman–Crippen LogP) is 3.72. The van der Waals surface area contributed by atoms with Crippen LogP contribution in [0, 0.1) is 0 Å². The Kier molecular flexibility index (Phi) is 5.48. The molecule has 1 aromatic heterocycles. The number of rotatable bonds is 6. The van der Waals surface area contributed by atoms with Crippen LogP contribution in [0.25, 0.3) is 11.3 Å². The van der Waals surface area contributed by atoms with Crippen molar-refractivity contribution in [3.63, 3.8) is 0 Å². The van der Waals surface area contributed by atoms with E-state index < -0.39 is 0 Å². The molecule has 2 heterocycles. The number of thiazole rings is 1. The van der Waals surface area contributed by atoms with Crippen molar-refractivity contribution in [3.05, 3.63) is 59.5 Å². The van der Waals surface area contributed by atoms with E-state index >= 15 is 0 Å². The Hall–Kier alpha value is -3.39. The van der Waals surface area contributed by atoms with Gasteiger partial charge < -0.3 is 14.2 Å². The average Bonchev–Trinajstić information content (AvgIpc) is 3.22. The Labute approximate surface area is 165 Å². The smallest absolute Gasteiger partial charge is 0.299 e. The quantitative estimate of drug-likeness (QED) is 0.296. The third kappa shape index (κ3) is 4.29. The number of benzene rings is 2. The Morgan fingerprint density at radius 1 is 1.18 bits per heavy atom. The highest BCUT2D eigenvalue weighted by Gasteiger charge is 2.14. The minimum Gasteiger partial charge on any atom is -0.486 e. The first-order valence-corrected chi connectivity index (χ1v) is 9.52. The predicted molar refractivity (Wildman–Crippen MR) is 107 cm³/mol. The molecule has 3 aromatic rings. The van der Waals surface area contributed by atoms with Crippen molar-refractivity contribution in [2.45, 2.75) is 6.42 Å².